The highest BCUT2D eigenvalue weighted by atomic mass is 19.1. The Morgan fingerprint density at radius 3 is 3.00 bits per heavy atom. The molecule has 0 spiro atoms. The number of H-pyrrole nitrogens is 1. The Labute approximate surface area is 126 Å². The summed E-state index contributed by atoms with van der Waals surface area (Å²) in [6.07, 6.45) is 8.62. The minimum absolute atomic E-state index is 0.248. The molecular weight excluding hydrogens is 285 g/mol. The van der Waals surface area contributed by atoms with Crippen LogP contribution in [0.25, 0.3) is 11.0 Å². The molecule has 0 saturated heterocycles. The SMILES string of the molecule is FCCn1cc(Nc2nc(C3CCC3)nc3cn[nH]c23)cn1. The maximum absolute atomic E-state index is 12.4. The van der Waals surface area contributed by atoms with Crippen LogP contribution in [0, 0.1) is 0 Å². The average Bonchev–Trinajstić information content (AvgIpc) is 3.06. The van der Waals surface area contributed by atoms with Gasteiger partial charge in [0.15, 0.2) is 5.82 Å². The van der Waals surface area contributed by atoms with Gasteiger partial charge in [-0.15, -0.1) is 0 Å². The third kappa shape index (κ3) is 2.30. The Bertz CT molecular complexity index is 789. The molecular formula is C14H16FN7. The quantitative estimate of drug-likeness (QED) is 0.756. The molecule has 0 atom stereocenters. The maximum atomic E-state index is 12.4. The van der Waals surface area contributed by atoms with Gasteiger partial charge in [-0.1, -0.05) is 6.42 Å². The van der Waals surface area contributed by atoms with Gasteiger partial charge in [0.2, 0.25) is 0 Å². The van der Waals surface area contributed by atoms with Crippen LogP contribution >= 0.6 is 0 Å². The summed E-state index contributed by atoms with van der Waals surface area (Å²) >= 11 is 0. The predicted octanol–water partition coefficient (Wildman–Crippen LogP) is 2.53. The zero-order chi connectivity index (χ0) is 14.9. The average molecular weight is 301 g/mol. The molecule has 114 valence electrons. The zero-order valence-corrected chi connectivity index (χ0v) is 12.0. The van der Waals surface area contributed by atoms with Crippen LogP contribution in [0.2, 0.25) is 0 Å². The van der Waals surface area contributed by atoms with E-state index in [9.17, 15) is 4.39 Å². The van der Waals surface area contributed by atoms with Gasteiger partial charge in [-0.3, -0.25) is 9.78 Å². The number of halogens is 1. The van der Waals surface area contributed by atoms with Crippen LogP contribution in [0.15, 0.2) is 18.6 Å². The van der Waals surface area contributed by atoms with Crippen molar-refractivity contribution >= 4 is 22.5 Å². The van der Waals surface area contributed by atoms with E-state index in [2.05, 4.69) is 30.6 Å². The largest absolute Gasteiger partial charge is 0.336 e. The maximum Gasteiger partial charge on any atom is 0.160 e. The fourth-order valence-corrected chi connectivity index (χ4v) is 2.57. The van der Waals surface area contributed by atoms with E-state index in [0.717, 1.165) is 35.4 Å². The number of nitrogens with one attached hydrogen (secondary N) is 2. The number of alkyl halides is 1. The molecule has 0 amide bonds. The summed E-state index contributed by atoms with van der Waals surface area (Å²) < 4.78 is 13.9. The number of fused-ring (bicyclic) bond motifs is 1. The predicted molar refractivity (Wildman–Crippen MR) is 79.8 cm³/mol. The number of aryl methyl sites for hydroxylation is 1. The molecule has 7 nitrogen and oxygen atoms in total. The molecule has 4 rings (SSSR count). The molecule has 0 bridgehead atoms. The van der Waals surface area contributed by atoms with Gasteiger partial charge in [-0.05, 0) is 12.8 Å². The minimum atomic E-state index is -0.439. The van der Waals surface area contributed by atoms with Crippen LogP contribution in [-0.4, -0.2) is 36.6 Å². The van der Waals surface area contributed by atoms with Crippen molar-refractivity contribution in [1.29, 1.82) is 0 Å². The number of aromatic amines is 1. The molecule has 1 aliphatic carbocycles. The van der Waals surface area contributed by atoms with E-state index in [4.69, 9.17) is 0 Å². The third-order valence-electron chi connectivity index (χ3n) is 4.00. The molecule has 1 aliphatic rings. The molecule has 0 aliphatic heterocycles. The first-order chi connectivity index (χ1) is 10.8. The highest BCUT2D eigenvalue weighted by Gasteiger charge is 2.24. The van der Waals surface area contributed by atoms with E-state index in [1.807, 2.05) is 0 Å². The summed E-state index contributed by atoms with van der Waals surface area (Å²) in [7, 11) is 0. The normalized spacial score (nSPS) is 15.1. The number of rotatable bonds is 5. The van der Waals surface area contributed by atoms with Gasteiger partial charge in [0.25, 0.3) is 0 Å². The Balaban J connectivity index is 1.67. The third-order valence-corrected chi connectivity index (χ3v) is 4.00. The fraction of sp³-hybridized carbons (Fsp3) is 0.429. The highest BCUT2D eigenvalue weighted by molar-refractivity contribution is 5.86. The lowest BCUT2D eigenvalue weighted by atomic mass is 9.85. The summed E-state index contributed by atoms with van der Waals surface area (Å²) in [5.41, 5.74) is 2.33. The van der Waals surface area contributed by atoms with Crippen molar-refractivity contribution in [3.05, 3.63) is 24.4 Å². The first kappa shape index (κ1) is 13.2. The van der Waals surface area contributed by atoms with Crippen LogP contribution in [0.4, 0.5) is 15.9 Å². The van der Waals surface area contributed by atoms with Crippen LogP contribution in [-0.2, 0) is 6.54 Å². The van der Waals surface area contributed by atoms with Crippen molar-refractivity contribution in [1.82, 2.24) is 29.9 Å². The first-order valence-corrected chi connectivity index (χ1v) is 7.40. The molecule has 0 radical (unpaired) electrons. The van der Waals surface area contributed by atoms with E-state index in [-0.39, 0.29) is 6.54 Å². The molecule has 3 heterocycles. The number of anilines is 2. The lowest BCUT2D eigenvalue weighted by Gasteiger charge is -2.24. The summed E-state index contributed by atoms with van der Waals surface area (Å²) in [4.78, 5) is 9.22. The minimum Gasteiger partial charge on any atom is -0.336 e. The first-order valence-electron chi connectivity index (χ1n) is 7.40. The lowest BCUT2D eigenvalue weighted by Crippen LogP contribution is -2.13. The number of aromatic nitrogens is 6. The smallest absolute Gasteiger partial charge is 0.160 e. The van der Waals surface area contributed by atoms with Gasteiger partial charge < -0.3 is 5.32 Å². The summed E-state index contributed by atoms with van der Waals surface area (Å²) in [6.45, 7) is -0.191. The summed E-state index contributed by atoms with van der Waals surface area (Å²) in [6, 6.07) is 0. The lowest BCUT2D eigenvalue weighted by molar-refractivity contribution is 0.403. The summed E-state index contributed by atoms with van der Waals surface area (Å²) in [5.74, 6) is 1.98. The van der Waals surface area contributed by atoms with E-state index >= 15 is 0 Å². The second-order valence-corrected chi connectivity index (χ2v) is 5.49. The van der Waals surface area contributed by atoms with Crippen molar-refractivity contribution < 1.29 is 4.39 Å². The Morgan fingerprint density at radius 2 is 2.23 bits per heavy atom. The standard InChI is InChI=1S/C14H16FN7/c15-4-5-22-8-10(6-17-22)18-14-12-11(7-16-21-12)19-13(20-14)9-2-1-3-9/h6-9H,1-5H2,(H,16,21)(H,18,19,20). The van der Waals surface area contributed by atoms with Crippen LogP contribution < -0.4 is 5.32 Å². The molecule has 3 aromatic heterocycles. The van der Waals surface area contributed by atoms with E-state index in [0.29, 0.717) is 11.7 Å². The van der Waals surface area contributed by atoms with E-state index in [1.54, 1.807) is 23.3 Å². The van der Waals surface area contributed by atoms with Gasteiger partial charge >= 0.3 is 0 Å². The van der Waals surface area contributed by atoms with Crippen molar-refractivity contribution in [3.63, 3.8) is 0 Å². The molecule has 22 heavy (non-hydrogen) atoms. The molecule has 0 unspecified atom stereocenters. The highest BCUT2D eigenvalue weighted by Crippen LogP contribution is 2.36. The Morgan fingerprint density at radius 1 is 1.32 bits per heavy atom. The molecule has 1 saturated carbocycles. The van der Waals surface area contributed by atoms with E-state index in [1.165, 1.54) is 6.42 Å². The van der Waals surface area contributed by atoms with Gasteiger partial charge in [0.1, 0.15) is 23.5 Å². The molecule has 0 aromatic carbocycles. The van der Waals surface area contributed by atoms with Gasteiger partial charge in [0, 0.05) is 12.1 Å². The van der Waals surface area contributed by atoms with E-state index < -0.39 is 6.67 Å². The Hall–Kier alpha value is -2.51. The van der Waals surface area contributed by atoms with Crippen molar-refractivity contribution in [3.8, 4) is 0 Å². The van der Waals surface area contributed by atoms with Crippen LogP contribution in [0.5, 0.6) is 0 Å². The number of hydrogen-bond donors (Lipinski definition) is 2. The zero-order valence-electron chi connectivity index (χ0n) is 12.0. The van der Waals surface area contributed by atoms with Crippen molar-refractivity contribution in [2.45, 2.75) is 31.7 Å². The Kier molecular flexibility index (Phi) is 3.21. The number of hydrogen-bond acceptors (Lipinski definition) is 5. The molecule has 3 aromatic rings. The van der Waals surface area contributed by atoms with Gasteiger partial charge in [-0.2, -0.15) is 10.2 Å². The van der Waals surface area contributed by atoms with Gasteiger partial charge in [-0.25, -0.2) is 14.4 Å². The van der Waals surface area contributed by atoms with Crippen LogP contribution in [0.1, 0.15) is 31.0 Å². The molecule has 8 heteroatoms. The fourth-order valence-electron chi connectivity index (χ4n) is 2.57. The molecule has 2 N–H and O–H groups in total. The monoisotopic (exact) mass is 301 g/mol. The van der Waals surface area contributed by atoms with Crippen molar-refractivity contribution in [2.24, 2.45) is 0 Å². The van der Waals surface area contributed by atoms with Crippen molar-refractivity contribution in [2.75, 3.05) is 12.0 Å². The van der Waals surface area contributed by atoms with Crippen LogP contribution in [0.3, 0.4) is 0 Å². The second-order valence-electron chi connectivity index (χ2n) is 5.49. The summed E-state index contributed by atoms with van der Waals surface area (Å²) in [5, 5.41) is 14.3. The second kappa shape index (κ2) is 5.36. The topological polar surface area (TPSA) is 84.3 Å². The molecule has 1 fully saturated rings. The number of nitrogens with zero attached hydrogens (tertiary/aromatic N) is 5. The van der Waals surface area contributed by atoms with Gasteiger partial charge in [0.05, 0.1) is 24.6 Å².